The number of aliphatic hydroxyl groups is 2. The van der Waals surface area contributed by atoms with Gasteiger partial charge < -0.3 is 20.4 Å². The van der Waals surface area contributed by atoms with Crippen molar-refractivity contribution in [1.82, 2.24) is 9.97 Å². The van der Waals surface area contributed by atoms with E-state index in [0.29, 0.717) is 0 Å². The summed E-state index contributed by atoms with van der Waals surface area (Å²) in [4.78, 5) is 27.0. The lowest BCUT2D eigenvalue weighted by atomic mass is 10.2. The Morgan fingerprint density at radius 3 is 1.19 bits per heavy atom. The fourth-order valence-corrected chi connectivity index (χ4v) is 0.523. The molecule has 0 saturated heterocycles. The van der Waals surface area contributed by atoms with Crippen LogP contribution in [-0.4, -0.2) is 54.5 Å². The predicted molar refractivity (Wildman–Crippen MR) is 49.3 cm³/mol. The summed E-state index contributed by atoms with van der Waals surface area (Å²) in [5, 5.41) is 32.5. The molecular formula is C8H10N2O6. The maximum atomic E-state index is 9.77. The highest BCUT2D eigenvalue weighted by molar-refractivity contribution is 5.83. The molecule has 8 nitrogen and oxygen atoms in total. The first-order valence-electron chi connectivity index (χ1n) is 3.98. The number of carbonyl (C=O) groups is 2. The van der Waals surface area contributed by atoms with Gasteiger partial charge in [-0.05, 0) is 0 Å². The fraction of sp³-hybridized carbons (Fsp3) is 0.250. The summed E-state index contributed by atoms with van der Waals surface area (Å²) < 4.78 is 0. The van der Waals surface area contributed by atoms with Crippen LogP contribution >= 0.6 is 0 Å². The van der Waals surface area contributed by atoms with Crippen LogP contribution in [0, 0.1) is 0 Å². The molecule has 2 atom stereocenters. The van der Waals surface area contributed by atoms with Crippen molar-refractivity contribution in [3.8, 4) is 0 Å². The van der Waals surface area contributed by atoms with E-state index in [1.54, 1.807) is 24.8 Å². The molecule has 0 radical (unpaired) electrons. The van der Waals surface area contributed by atoms with Gasteiger partial charge in [0.25, 0.3) is 0 Å². The third-order valence-corrected chi connectivity index (χ3v) is 1.28. The van der Waals surface area contributed by atoms with Crippen molar-refractivity contribution in [3.63, 3.8) is 0 Å². The summed E-state index contributed by atoms with van der Waals surface area (Å²) in [6, 6.07) is 0. The van der Waals surface area contributed by atoms with Crippen molar-refractivity contribution in [1.29, 1.82) is 0 Å². The Balaban J connectivity index is 0.000000315. The molecule has 0 bridgehead atoms. The number of hydrogen-bond acceptors (Lipinski definition) is 6. The van der Waals surface area contributed by atoms with Crippen LogP contribution in [0.15, 0.2) is 24.8 Å². The quantitative estimate of drug-likeness (QED) is 0.484. The number of carboxylic acids is 2. The first kappa shape index (κ1) is 13.9. The molecule has 0 saturated carbocycles. The molecule has 0 aliphatic carbocycles. The molecule has 8 heteroatoms. The number of carboxylic acid groups (broad SMARTS) is 2. The van der Waals surface area contributed by atoms with Crippen LogP contribution < -0.4 is 0 Å². The molecule has 1 aromatic rings. The van der Waals surface area contributed by atoms with Gasteiger partial charge in [-0.3, -0.25) is 9.97 Å². The van der Waals surface area contributed by atoms with Gasteiger partial charge in [0.1, 0.15) is 0 Å². The van der Waals surface area contributed by atoms with Gasteiger partial charge in [0, 0.05) is 24.8 Å². The lowest BCUT2D eigenvalue weighted by Gasteiger charge is -2.07. The Morgan fingerprint density at radius 1 is 0.812 bits per heavy atom. The minimum absolute atomic E-state index is 1.64. The second-order valence-corrected chi connectivity index (χ2v) is 2.46. The molecule has 88 valence electrons. The molecule has 0 aliphatic rings. The van der Waals surface area contributed by atoms with E-state index in [0.717, 1.165) is 0 Å². The van der Waals surface area contributed by atoms with E-state index in [4.69, 9.17) is 20.4 Å². The maximum Gasteiger partial charge on any atom is 0.335 e. The van der Waals surface area contributed by atoms with E-state index >= 15 is 0 Å². The first-order valence-corrected chi connectivity index (χ1v) is 3.98. The van der Waals surface area contributed by atoms with Gasteiger partial charge in [-0.15, -0.1) is 0 Å². The summed E-state index contributed by atoms with van der Waals surface area (Å²) in [6.07, 6.45) is 2.02. The SMILES string of the molecule is O=C(O)[C@H](O)[C@@H](O)C(=O)O.c1cnccn1. The highest BCUT2D eigenvalue weighted by Gasteiger charge is 2.29. The highest BCUT2D eigenvalue weighted by atomic mass is 16.4. The van der Waals surface area contributed by atoms with E-state index in [1.165, 1.54) is 0 Å². The van der Waals surface area contributed by atoms with Crippen LogP contribution in [0.5, 0.6) is 0 Å². The van der Waals surface area contributed by atoms with Crippen LogP contribution in [-0.2, 0) is 9.59 Å². The van der Waals surface area contributed by atoms with E-state index < -0.39 is 24.1 Å². The summed E-state index contributed by atoms with van der Waals surface area (Å²) in [6.45, 7) is 0. The zero-order chi connectivity index (χ0) is 12.6. The predicted octanol–water partition coefficient (Wildman–Crippen LogP) is -1.65. The van der Waals surface area contributed by atoms with E-state index in [9.17, 15) is 9.59 Å². The average Bonchev–Trinajstić information content (AvgIpc) is 2.30. The highest BCUT2D eigenvalue weighted by Crippen LogP contribution is 1.92. The average molecular weight is 230 g/mol. The van der Waals surface area contributed by atoms with Crippen molar-refractivity contribution < 1.29 is 30.0 Å². The Morgan fingerprint density at radius 2 is 1.06 bits per heavy atom. The van der Waals surface area contributed by atoms with Crippen molar-refractivity contribution in [3.05, 3.63) is 24.8 Å². The van der Waals surface area contributed by atoms with Crippen LogP contribution in [0.2, 0.25) is 0 Å². The number of nitrogens with zero attached hydrogens (tertiary/aromatic N) is 2. The molecule has 0 amide bonds. The van der Waals surface area contributed by atoms with Crippen LogP contribution in [0.3, 0.4) is 0 Å². The molecule has 1 heterocycles. The smallest absolute Gasteiger partial charge is 0.335 e. The zero-order valence-corrected chi connectivity index (χ0v) is 7.96. The number of aliphatic hydroxyl groups excluding tert-OH is 2. The number of hydrogen-bond donors (Lipinski definition) is 4. The van der Waals surface area contributed by atoms with Gasteiger partial charge >= 0.3 is 11.9 Å². The molecule has 0 fully saturated rings. The second-order valence-electron chi connectivity index (χ2n) is 2.46. The Bertz CT molecular complexity index is 286. The Hall–Kier alpha value is -2.06. The van der Waals surface area contributed by atoms with E-state index in [2.05, 4.69) is 9.97 Å². The van der Waals surface area contributed by atoms with Crippen molar-refractivity contribution >= 4 is 11.9 Å². The maximum absolute atomic E-state index is 9.77. The van der Waals surface area contributed by atoms with Crippen molar-refractivity contribution in [2.75, 3.05) is 0 Å². The number of aliphatic carboxylic acids is 2. The summed E-state index contributed by atoms with van der Waals surface area (Å²) in [5.74, 6) is -3.54. The summed E-state index contributed by atoms with van der Waals surface area (Å²) >= 11 is 0. The third kappa shape index (κ3) is 5.62. The van der Waals surface area contributed by atoms with Crippen LogP contribution in [0.25, 0.3) is 0 Å². The molecule has 1 rings (SSSR count). The van der Waals surface area contributed by atoms with Gasteiger partial charge in [-0.1, -0.05) is 0 Å². The Labute approximate surface area is 89.8 Å². The lowest BCUT2D eigenvalue weighted by molar-refractivity contribution is -0.165. The number of rotatable bonds is 3. The lowest BCUT2D eigenvalue weighted by Crippen LogP contribution is -2.39. The molecular weight excluding hydrogens is 220 g/mol. The molecule has 1 aromatic heterocycles. The summed E-state index contributed by atoms with van der Waals surface area (Å²) in [7, 11) is 0. The van der Waals surface area contributed by atoms with E-state index in [-0.39, 0.29) is 0 Å². The van der Waals surface area contributed by atoms with Gasteiger partial charge in [-0.25, -0.2) is 9.59 Å². The van der Waals surface area contributed by atoms with Crippen molar-refractivity contribution in [2.45, 2.75) is 12.2 Å². The molecule has 0 aromatic carbocycles. The van der Waals surface area contributed by atoms with Gasteiger partial charge in [-0.2, -0.15) is 0 Å². The Kier molecular flexibility index (Phi) is 6.33. The standard InChI is InChI=1S/C4H4N2.C4H6O6/c1-2-6-4-3-5-1;5-1(3(7)8)2(6)4(9)10/h1-4H;1-2,5-6H,(H,7,8)(H,9,10)/t;1-,2-/m.1/s1. The zero-order valence-electron chi connectivity index (χ0n) is 7.96. The first-order chi connectivity index (χ1) is 7.46. The molecule has 16 heavy (non-hydrogen) atoms. The molecule has 4 N–H and O–H groups in total. The topological polar surface area (TPSA) is 141 Å². The fourth-order valence-electron chi connectivity index (χ4n) is 0.523. The second kappa shape index (κ2) is 7.26. The van der Waals surface area contributed by atoms with Gasteiger partial charge in [0.2, 0.25) is 0 Å². The largest absolute Gasteiger partial charge is 0.479 e. The molecule has 0 spiro atoms. The normalized spacial score (nSPS) is 12.9. The monoisotopic (exact) mass is 230 g/mol. The molecule has 0 aliphatic heterocycles. The minimum atomic E-state index is -2.27. The van der Waals surface area contributed by atoms with Crippen LogP contribution in [0.1, 0.15) is 0 Å². The van der Waals surface area contributed by atoms with Crippen molar-refractivity contribution in [2.24, 2.45) is 0 Å². The summed E-state index contributed by atoms with van der Waals surface area (Å²) in [5.41, 5.74) is 0. The molecule has 0 unspecified atom stereocenters. The number of aromatic nitrogens is 2. The van der Waals surface area contributed by atoms with Crippen LogP contribution in [0.4, 0.5) is 0 Å². The van der Waals surface area contributed by atoms with E-state index in [1.807, 2.05) is 0 Å². The van der Waals surface area contributed by atoms with Gasteiger partial charge in [0.05, 0.1) is 0 Å². The minimum Gasteiger partial charge on any atom is -0.479 e. The van der Waals surface area contributed by atoms with Gasteiger partial charge in [0.15, 0.2) is 12.2 Å². The third-order valence-electron chi connectivity index (χ3n) is 1.28.